The minimum Gasteiger partial charge on any atom is -0.472 e. The second-order valence-electron chi connectivity index (χ2n) is 5.92. The molecule has 2 aromatic rings. The van der Waals surface area contributed by atoms with Gasteiger partial charge < -0.3 is 19.1 Å². The van der Waals surface area contributed by atoms with E-state index in [-0.39, 0.29) is 30.3 Å². The third kappa shape index (κ3) is 4.71. The summed E-state index contributed by atoms with van der Waals surface area (Å²) >= 11 is 0. The molecule has 1 fully saturated rings. The third-order valence-corrected chi connectivity index (χ3v) is 4.05. The van der Waals surface area contributed by atoms with Crippen molar-refractivity contribution in [3.05, 3.63) is 51.7 Å². The zero-order chi connectivity index (χ0) is 19.9. The van der Waals surface area contributed by atoms with E-state index in [0.29, 0.717) is 37.8 Å². The predicted molar refractivity (Wildman–Crippen MR) is 98.4 cm³/mol. The Morgan fingerprint density at radius 2 is 2.00 bits per heavy atom. The van der Waals surface area contributed by atoms with Crippen LogP contribution in [0.25, 0.3) is 0 Å². The standard InChI is InChI=1S/C18H20N4O6/c1-2-27-17(23)15-11-19-18(21-7-9-26-10-8-21)20-16(15)28-12-13-3-5-14(6-4-13)22(24)25/h3-6,11H,2,7-10,12H2,1H3. The summed E-state index contributed by atoms with van der Waals surface area (Å²) in [4.78, 5) is 33.1. The van der Waals surface area contributed by atoms with E-state index in [9.17, 15) is 14.9 Å². The van der Waals surface area contributed by atoms with Gasteiger partial charge in [-0.05, 0) is 24.6 Å². The summed E-state index contributed by atoms with van der Waals surface area (Å²) in [5.41, 5.74) is 0.820. The van der Waals surface area contributed by atoms with Crippen LogP contribution in [0.4, 0.5) is 11.6 Å². The molecule has 1 aromatic heterocycles. The Labute approximate surface area is 161 Å². The molecule has 10 nitrogen and oxygen atoms in total. The smallest absolute Gasteiger partial charge is 0.345 e. The number of hydrogen-bond acceptors (Lipinski definition) is 9. The van der Waals surface area contributed by atoms with Crippen LogP contribution >= 0.6 is 0 Å². The Bertz CT molecular complexity index is 836. The molecule has 1 aromatic carbocycles. The first-order chi connectivity index (χ1) is 13.6. The van der Waals surface area contributed by atoms with Crippen LogP contribution in [0.2, 0.25) is 0 Å². The van der Waals surface area contributed by atoms with Gasteiger partial charge in [0.25, 0.3) is 5.69 Å². The molecule has 0 spiro atoms. The Hall–Kier alpha value is -3.27. The lowest BCUT2D eigenvalue weighted by atomic mass is 10.2. The quantitative estimate of drug-likeness (QED) is 0.398. The van der Waals surface area contributed by atoms with Gasteiger partial charge in [-0.15, -0.1) is 0 Å². The monoisotopic (exact) mass is 388 g/mol. The highest BCUT2D eigenvalue weighted by molar-refractivity contribution is 5.91. The first-order valence-corrected chi connectivity index (χ1v) is 8.81. The van der Waals surface area contributed by atoms with Gasteiger partial charge in [-0.2, -0.15) is 4.98 Å². The summed E-state index contributed by atoms with van der Waals surface area (Å²) < 4.78 is 16.1. The van der Waals surface area contributed by atoms with Gasteiger partial charge in [0.1, 0.15) is 12.2 Å². The fourth-order valence-electron chi connectivity index (χ4n) is 2.60. The van der Waals surface area contributed by atoms with E-state index in [0.717, 1.165) is 0 Å². The molecular weight excluding hydrogens is 368 g/mol. The van der Waals surface area contributed by atoms with Gasteiger partial charge in [-0.1, -0.05) is 0 Å². The van der Waals surface area contributed by atoms with Crippen molar-refractivity contribution in [1.29, 1.82) is 0 Å². The maximum atomic E-state index is 12.2. The van der Waals surface area contributed by atoms with Crippen molar-refractivity contribution in [1.82, 2.24) is 9.97 Å². The Kier molecular flexibility index (Phi) is 6.33. The number of ether oxygens (including phenoxy) is 3. The minimum absolute atomic E-state index is 0.00685. The molecule has 1 aliphatic rings. The van der Waals surface area contributed by atoms with Crippen molar-refractivity contribution in [3.8, 4) is 5.88 Å². The number of nitrogens with zero attached hydrogens (tertiary/aromatic N) is 4. The molecular formula is C18H20N4O6. The second kappa shape index (κ2) is 9.09. The van der Waals surface area contributed by atoms with E-state index in [1.165, 1.54) is 18.3 Å². The Balaban J connectivity index is 1.80. The topological polar surface area (TPSA) is 117 Å². The highest BCUT2D eigenvalue weighted by atomic mass is 16.6. The average molecular weight is 388 g/mol. The summed E-state index contributed by atoms with van der Waals surface area (Å²) in [5.74, 6) is -0.0296. The summed E-state index contributed by atoms with van der Waals surface area (Å²) in [5, 5.41) is 10.8. The molecule has 0 aliphatic carbocycles. The van der Waals surface area contributed by atoms with Crippen molar-refractivity contribution in [2.45, 2.75) is 13.5 Å². The number of carbonyl (C=O) groups is 1. The van der Waals surface area contributed by atoms with Gasteiger partial charge in [-0.3, -0.25) is 10.1 Å². The fourth-order valence-corrected chi connectivity index (χ4v) is 2.60. The Morgan fingerprint density at radius 1 is 1.29 bits per heavy atom. The molecule has 3 rings (SSSR count). The number of esters is 1. The number of anilines is 1. The van der Waals surface area contributed by atoms with E-state index < -0.39 is 10.9 Å². The molecule has 0 radical (unpaired) electrons. The maximum absolute atomic E-state index is 12.2. The van der Waals surface area contributed by atoms with Gasteiger partial charge in [-0.25, -0.2) is 9.78 Å². The van der Waals surface area contributed by atoms with E-state index in [1.54, 1.807) is 19.1 Å². The highest BCUT2D eigenvalue weighted by Gasteiger charge is 2.21. The van der Waals surface area contributed by atoms with Crippen LogP contribution in [0.3, 0.4) is 0 Å². The third-order valence-electron chi connectivity index (χ3n) is 4.05. The lowest BCUT2D eigenvalue weighted by Crippen LogP contribution is -2.37. The molecule has 1 saturated heterocycles. The first kappa shape index (κ1) is 19.5. The first-order valence-electron chi connectivity index (χ1n) is 8.81. The van der Waals surface area contributed by atoms with Crippen LogP contribution in [0.15, 0.2) is 30.5 Å². The van der Waals surface area contributed by atoms with Crippen LogP contribution in [-0.4, -0.2) is 53.8 Å². The molecule has 0 N–H and O–H groups in total. The number of hydrogen-bond donors (Lipinski definition) is 0. The van der Waals surface area contributed by atoms with Crippen molar-refractivity contribution in [2.75, 3.05) is 37.8 Å². The number of rotatable bonds is 7. The van der Waals surface area contributed by atoms with Crippen molar-refractivity contribution >= 4 is 17.6 Å². The van der Waals surface area contributed by atoms with Crippen LogP contribution in [-0.2, 0) is 16.1 Å². The summed E-state index contributed by atoms with van der Waals surface area (Å²) in [6, 6.07) is 5.96. The fraction of sp³-hybridized carbons (Fsp3) is 0.389. The summed E-state index contributed by atoms with van der Waals surface area (Å²) in [6.07, 6.45) is 1.39. The van der Waals surface area contributed by atoms with Crippen LogP contribution in [0, 0.1) is 10.1 Å². The molecule has 0 atom stereocenters. The average Bonchev–Trinajstić information content (AvgIpc) is 2.73. The molecule has 2 heterocycles. The summed E-state index contributed by atoms with van der Waals surface area (Å²) in [6.45, 7) is 4.43. The van der Waals surface area contributed by atoms with Crippen molar-refractivity contribution in [2.24, 2.45) is 0 Å². The number of aromatic nitrogens is 2. The number of carbonyl (C=O) groups excluding carboxylic acids is 1. The summed E-state index contributed by atoms with van der Waals surface area (Å²) in [7, 11) is 0. The maximum Gasteiger partial charge on any atom is 0.345 e. The molecule has 0 bridgehead atoms. The largest absolute Gasteiger partial charge is 0.472 e. The SMILES string of the molecule is CCOC(=O)c1cnc(N2CCOCC2)nc1OCc1ccc([N+](=O)[O-])cc1. The second-order valence-corrected chi connectivity index (χ2v) is 5.92. The molecule has 10 heteroatoms. The Morgan fingerprint density at radius 3 is 2.64 bits per heavy atom. The van der Waals surface area contributed by atoms with E-state index in [1.807, 2.05) is 4.90 Å². The van der Waals surface area contributed by atoms with Crippen LogP contribution in [0.1, 0.15) is 22.8 Å². The van der Waals surface area contributed by atoms with Gasteiger partial charge in [0, 0.05) is 25.2 Å². The predicted octanol–water partition coefficient (Wildman–Crippen LogP) is 1.98. The van der Waals surface area contributed by atoms with Crippen LogP contribution < -0.4 is 9.64 Å². The molecule has 0 unspecified atom stereocenters. The number of nitro groups is 1. The molecule has 1 aliphatic heterocycles. The zero-order valence-electron chi connectivity index (χ0n) is 15.4. The minimum atomic E-state index is -0.574. The lowest BCUT2D eigenvalue weighted by Gasteiger charge is -2.27. The van der Waals surface area contributed by atoms with Gasteiger partial charge >= 0.3 is 5.97 Å². The van der Waals surface area contributed by atoms with Gasteiger partial charge in [0.2, 0.25) is 11.8 Å². The van der Waals surface area contributed by atoms with Crippen molar-refractivity contribution < 1.29 is 23.9 Å². The van der Waals surface area contributed by atoms with E-state index >= 15 is 0 Å². The van der Waals surface area contributed by atoms with E-state index in [4.69, 9.17) is 14.2 Å². The zero-order valence-corrected chi connectivity index (χ0v) is 15.4. The molecule has 28 heavy (non-hydrogen) atoms. The van der Waals surface area contributed by atoms with E-state index in [2.05, 4.69) is 9.97 Å². The number of nitro benzene ring substituents is 1. The number of benzene rings is 1. The molecule has 0 saturated carbocycles. The molecule has 148 valence electrons. The van der Waals surface area contributed by atoms with Gasteiger partial charge in [0.15, 0.2) is 0 Å². The van der Waals surface area contributed by atoms with Crippen molar-refractivity contribution in [3.63, 3.8) is 0 Å². The molecule has 0 amide bonds. The number of morpholine rings is 1. The normalized spacial score (nSPS) is 13.8. The number of non-ortho nitro benzene ring substituents is 1. The van der Waals surface area contributed by atoms with Crippen LogP contribution in [0.5, 0.6) is 5.88 Å². The lowest BCUT2D eigenvalue weighted by molar-refractivity contribution is -0.384. The van der Waals surface area contributed by atoms with Gasteiger partial charge in [0.05, 0.1) is 30.9 Å². The highest BCUT2D eigenvalue weighted by Crippen LogP contribution is 2.22.